The van der Waals surface area contributed by atoms with Crippen LogP contribution < -0.4 is 23.5 Å². The SMILES string of the molecule is [Cl-].[NH3+][C@@H](Cc1ccncc1)C(=O)NCCc1ccc(O)cc1. The quantitative estimate of drug-likeness (QED) is 0.541. The number of quaternary nitrogens is 1. The molecule has 1 amide bonds. The van der Waals surface area contributed by atoms with Crippen molar-refractivity contribution < 1.29 is 28.0 Å². The average molecular weight is 322 g/mol. The van der Waals surface area contributed by atoms with Gasteiger partial charge in [0.2, 0.25) is 0 Å². The Bertz CT molecular complexity index is 576. The molecule has 1 aromatic heterocycles. The molecule has 0 spiro atoms. The lowest BCUT2D eigenvalue weighted by molar-refractivity contribution is -0.403. The molecular formula is C16H20ClN3O2. The molecule has 0 unspecified atom stereocenters. The summed E-state index contributed by atoms with van der Waals surface area (Å²) in [7, 11) is 0. The van der Waals surface area contributed by atoms with Gasteiger partial charge in [-0.15, -0.1) is 0 Å². The monoisotopic (exact) mass is 321 g/mol. The number of aromatic nitrogens is 1. The first-order chi connectivity index (χ1) is 10.1. The molecule has 0 fully saturated rings. The Kier molecular flexibility index (Phi) is 7.36. The van der Waals surface area contributed by atoms with E-state index < -0.39 is 0 Å². The van der Waals surface area contributed by atoms with E-state index in [1.165, 1.54) is 0 Å². The van der Waals surface area contributed by atoms with Crippen LogP contribution in [-0.4, -0.2) is 28.6 Å². The standard InChI is InChI=1S/C16H19N3O2.ClH/c17-15(11-13-5-8-18-9-6-13)16(21)19-10-7-12-1-3-14(20)4-2-12;/h1-6,8-9,15,20H,7,10-11,17H2,(H,19,21);1H/t15-;/m0./s1. The molecule has 0 aliphatic rings. The summed E-state index contributed by atoms with van der Waals surface area (Å²) in [4.78, 5) is 15.9. The first kappa shape index (κ1) is 17.9. The summed E-state index contributed by atoms with van der Waals surface area (Å²) in [6, 6.07) is 10.5. The molecule has 118 valence electrons. The maximum atomic E-state index is 12.0. The Morgan fingerprint density at radius 2 is 1.77 bits per heavy atom. The smallest absolute Gasteiger partial charge is 0.278 e. The van der Waals surface area contributed by atoms with Crippen LogP contribution in [-0.2, 0) is 17.6 Å². The lowest BCUT2D eigenvalue weighted by atomic mass is 10.1. The van der Waals surface area contributed by atoms with Crippen LogP contribution in [0.4, 0.5) is 0 Å². The molecule has 5 N–H and O–H groups in total. The number of nitrogens with one attached hydrogen (secondary N) is 1. The maximum absolute atomic E-state index is 12.0. The van der Waals surface area contributed by atoms with Crippen molar-refractivity contribution in [3.63, 3.8) is 0 Å². The van der Waals surface area contributed by atoms with E-state index in [4.69, 9.17) is 0 Å². The van der Waals surface area contributed by atoms with Gasteiger partial charge in [0, 0.05) is 25.4 Å². The number of rotatable bonds is 6. The van der Waals surface area contributed by atoms with E-state index in [2.05, 4.69) is 16.0 Å². The van der Waals surface area contributed by atoms with Gasteiger partial charge >= 0.3 is 0 Å². The molecule has 2 rings (SSSR count). The van der Waals surface area contributed by atoms with Crippen molar-refractivity contribution in [2.45, 2.75) is 18.9 Å². The molecule has 1 atom stereocenters. The number of phenols is 1. The molecule has 6 heteroatoms. The average Bonchev–Trinajstić information content (AvgIpc) is 2.50. The van der Waals surface area contributed by atoms with Crippen LogP contribution >= 0.6 is 0 Å². The van der Waals surface area contributed by atoms with E-state index in [0.29, 0.717) is 13.0 Å². The molecule has 1 heterocycles. The van der Waals surface area contributed by atoms with Crippen LogP contribution in [0, 0.1) is 0 Å². The number of carbonyl (C=O) groups excluding carboxylic acids is 1. The molecule has 0 radical (unpaired) electrons. The number of hydrogen-bond acceptors (Lipinski definition) is 3. The second-order valence-corrected chi connectivity index (χ2v) is 4.96. The highest BCUT2D eigenvalue weighted by Gasteiger charge is 2.16. The zero-order valence-electron chi connectivity index (χ0n) is 12.2. The van der Waals surface area contributed by atoms with Crippen molar-refractivity contribution in [3.05, 3.63) is 59.9 Å². The summed E-state index contributed by atoms with van der Waals surface area (Å²) in [5.74, 6) is 0.198. The van der Waals surface area contributed by atoms with Gasteiger partial charge < -0.3 is 28.6 Å². The predicted molar refractivity (Wildman–Crippen MR) is 79.4 cm³/mol. The van der Waals surface area contributed by atoms with E-state index in [0.717, 1.165) is 17.5 Å². The highest BCUT2D eigenvalue weighted by Crippen LogP contribution is 2.09. The van der Waals surface area contributed by atoms with Crippen LogP contribution in [0.15, 0.2) is 48.8 Å². The van der Waals surface area contributed by atoms with Crippen molar-refractivity contribution in [1.82, 2.24) is 10.3 Å². The van der Waals surface area contributed by atoms with Crippen LogP contribution in [0.25, 0.3) is 0 Å². The van der Waals surface area contributed by atoms with Gasteiger partial charge in [0.05, 0.1) is 0 Å². The molecule has 0 aliphatic heterocycles. The Morgan fingerprint density at radius 3 is 2.41 bits per heavy atom. The summed E-state index contributed by atoms with van der Waals surface area (Å²) in [6.07, 6.45) is 4.76. The maximum Gasteiger partial charge on any atom is 0.278 e. The molecule has 0 saturated carbocycles. The van der Waals surface area contributed by atoms with Crippen LogP contribution in [0.1, 0.15) is 11.1 Å². The van der Waals surface area contributed by atoms with Crippen molar-refractivity contribution in [3.8, 4) is 5.75 Å². The zero-order valence-corrected chi connectivity index (χ0v) is 13.0. The van der Waals surface area contributed by atoms with Gasteiger partial charge in [0.25, 0.3) is 5.91 Å². The van der Waals surface area contributed by atoms with Gasteiger partial charge in [-0.05, 0) is 41.8 Å². The second kappa shape index (κ2) is 9.02. The lowest BCUT2D eigenvalue weighted by Crippen LogP contribution is -3.00. The fourth-order valence-corrected chi connectivity index (χ4v) is 2.03. The Morgan fingerprint density at radius 1 is 1.14 bits per heavy atom. The fourth-order valence-electron chi connectivity index (χ4n) is 2.03. The molecule has 0 aliphatic carbocycles. The second-order valence-electron chi connectivity index (χ2n) is 4.96. The summed E-state index contributed by atoms with van der Waals surface area (Å²) >= 11 is 0. The summed E-state index contributed by atoms with van der Waals surface area (Å²) in [5.41, 5.74) is 6.03. The number of pyridine rings is 1. The number of benzene rings is 1. The van der Waals surface area contributed by atoms with E-state index in [-0.39, 0.29) is 30.1 Å². The molecular weight excluding hydrogens is 302 g/mol. The third-order valence-corrected chi connectivity index (χ3v) is 3.25. The van der Waals surface area contributed by atoms with E-state index in [1.807, 2.05) is 24.3 Å². The van der Waals surface area contributed by atoms with Gasteiger partial charge in [0.15, 0.2) is 6.04 Å². The topological polar surface area (TPSA) is 89.9 Å². The summed E-state index contributed by atoms with van der Waals surface area (Å²) in [6.45, 7) is 0.561. The minimum atomic E-state index is -0.313. The van der Waals surface area contributed by atoms with Crippen LogP contribution in [0.2, 0.25) is 0 Å². The Balaban J connectivity index is 0.00000242. The molecule has 22 heavy (non-hydrogen) atoms. The van der Waals surface area contributed by atoms with Gasteiger partial charge in [-0.2, -0.15) is 0 Å². The number of aromatic hydroxyl groups is 1. The van der Waals surface area contributed by atoms with E-state index in [9.17, 15) is 9.90 Å². The molecule has 0 bridgehead atoms. The number of nitrogens with zero attached hydrogens (tertiary/aromatic N) is 1. The number of carbonyl (C=O) groups is 1. The fraction of sp³-hybridized carbons (Fsp3) is 0.250. The summed E-state index contributed by atoms with van der Waals surface area (Å²) in [5, 5.41) is 12.1. The zero-order chi connectivity index (χ0) is 15.1. The highest BCUT2D eigenvalue weighted by atomic mass is 35.5. The van der Waals surface area contributed by atoms with Gasteiger partial charge in [-0.25, -0.2) is 0 Å². The Labute approximate surface area is 136 Å². The van der Waals surface area contributed by atoms with Crippen molar-refractivity contribution >= 4 is 5.91 Å². The third-order valence-electron chi connectivity index (χ3n) is 3.25. The van der Waals surface area contributed by atoms with Crippen molar-refractivity contribution in [2.24, 2.45) is 0 Å². The third kappa shape index (κ3) is 5.71. The van der Waals surface area contributed by atoms with E-state index in [1.54, 1.807) is 24.5 Å². The van der Waals surface area contributed by atoms with Gasteiger partial charge in [-0.3, -0.25) is 9.78 Å². The van der Waals surface area contributed by atoms with Gasteiger partial charge in [-0.1, -0.05) is 12.1 Å². The van der Waals surface area contributed by atoms with Gasteiger partial charge in [0.1, 0.15) is 5.75 Å². The van der Waals surface area contributed by atoms with Crippen LogP contribution in [0.5, 0.6) is 5.75 Å². The molecule has 0 saturated heterocycles. The lowest BCUT2D eigenvalue weighted by Gasteiger charge is -2.10. The molecule has 2 aromatic rings. The van der Waals surface area contributed by atoms with Crippen molar-refractivity contribution in [1.29, 1.82) is 0 Å². The normalized spacial score (nSPS) is 11.3. The number of halogens is 1. The predicted octanol–water partition coefficient (Wildman–Crippen LogP) is -2.70. The Hall–Kier alpha value is -2.11. The number of amides is 1. The van der Waals surface area contributed by atoms with Crippen LogP contribution in [0.3, 0.4) is 0 Å². The summed E-state index contributed by atoms with van der Waals surface area (Å²) < 4.78 is 0. The first-order valence-corrected chi connectivity index (χ1v) is 6.93. The molecule has 5 nitrogen and oxygen atoms in total. The largest absolute Gasteiger partial charge is 1.00 e. The number of phenolic OH excluding ortho intramolecular Hbond substituents is 1. The van der Waals surface area contributed by atoms with Crippen molar-refractivity contribution in [2.75, 3.05) is 6.54 Å². The number of hydrogen-bond donors (Lipinski definition) is 3. The molecule has 1 aromatic carbocycles. The first-order valence-electron chi connectivity index (χ1n) is 6.93. The highest BCUT2D eigenvalue weighted by molar-refractivity contribution is 5.80. The van der Waals surface area contributed by atoms with E-state index >= 15 is 0 Å². The minimum absolute atomic E-state index is 0. The minimum Gasteiger partial charge on any atom is -1.00 e.